The molecule has 0 spiro atoms. The molecule has 0 saturated carbocycles. The number of aryl methyl sites for hydroxylation is 1. The lowest BCUT2D eigenvalue weighted by atomic mass is 10.1. The molecule has 2 rings (SSSR count). The van der Waals surface area contributed by atoms with E-state index in [-0.39, 0.29) is 6.04 Å². The number of hydrogen-bond acceptors (Lipinski definition) is 3. The van der Waals surface area contributed by atoms with Crippen LogP contribution < -0.4 is 10.5 Å². The van der Waals surface area contributed by atoms with Crippen molar-refractivity contribution in [3.8, 4) is 11.4 Å². The minimum atomic E-state index is -0.00176. The molecule has 1 aromatic carbocycles. The number of nitrogens with two attached hydrogens (primary N) is 1. The summed E-state index contributed by atoms with van der Waals surface area (Å²) in [5, 5.41) is 0. The van der Waals surface area contributed by atoms with Gasteiger partial charge in [0.05, 0.1) is 31.0 Å². The van der Waals surface area contributed by atoms with Crippen LogP contribution in [0.15, 0.2) is 30.7 Å². The summed E-state index contributed by atoms with van der Waals surface area (Å²) in [7, 11) is 1.67. The Labute approximate surface area is 107 Å². The molecule has 0 unspecified atom stereocenters. The van der Waals surface area contributed by atoms with Crippen molar-refractivity contribution in [3.63, 3.8) is 0 Å². The van der Waals surface area contributed by atoms with E-state index in [9.17, 15) is 0 Å². The Kier molecular flexibility index (Phi) is 3.67. The highest BCUT2D eigenvalue weighted by atomic mass is 16.5. The second-order valence-corrected chi connectivity index (χ2v) is 4.36. The normalized spacial score (nSPS) is 12.4. The summed E-state index contributed by atoms with van der Waals surface area (Å²) in [6.45, 7) is 4.14. The van der Waals surface area contributed by atoms with Gasteiger partial charge >= 0.3 is 0 Å². The van der Waals surface area contributed by atoms with Crippen LogP contribution in [0.25, 0.3) is 5.69 Å². The third-order valence-corrected chi connectivity index (χ3v) is 3.16. The van der Waals surface area contributed by atoms with Crippen molar-refractivity contribution >= 4 is 0 Å². The molecule has 18 heavy (non-hydrogen) atoms. The van der Waals surface area contributed by atoms with Crippen LogP contribution in [0.2, 0.25) is 0 Å². The molecule has 0 fully saturated rings. The molecule has 0 bridgehead atoms. The van der Waals surface area contributed by atoms with Gasteiger partial charge in [0, 0.05) is 12.1 Å². The summed E-state index contributed by atoms with van der Waals surface area (Å²) < 4.78 is 7.30. The summed E-state index contributed by atoms with van der Waals surface area (Å²) in [6, 6.07) is 5.99. The highest BCUT2D eigenvalue weighted by Crippen LogP contribution is 2.24. The summed E-state index contributed by atoms with van der Waals surface area (Å²) in [5.41, 5.74) is 9.35. The van der Waals surface area contributed by atoms with Gasteiger partial charge in [-0.05, 0) is 25.0 Å². The molecule has 1 atom stereocenters. The van der Waals surface area contributed by atoms with E-state index in [0.29, 0.717) is 0 Å². The van der Waals surface area contributed by atoms with Crippen LogP contribution in [0.4, 0.5) is 0 Å². The van der Waals surface area contributed by atoms with Gasteiger partial charge in [-0.3, -0.25) is 0 Å². The maximum Gasteiger partial charge on any atom is 0.120 e. The lowest BCUT2D eigenvalue weighted by Crippen LogP contribution is -2.13. The number of benzene rings is 1. The number of hydrogen-bond donors (Lipinski definition) is 1. The van der Waals surface area contributed by atoms with Gasteiger partial charge < -0.3 is 15.0 Å². The van der Waals surface area contributed by atoms with Crippen LogP contribution in [0.1, 0.15) is 30.6 Å². The zero-order valence-electron chi connectivity index (χ0n) is 11.1. The standard InChI is InChI=1S/C14H19N3O/c1-4-12(15)14-8-16-9-17(14)13-7-11(18-3)6-5-10(13)2/h5-9,12H,4,15H2,1-3H3/t12-/m1/s1. The first-order valence-corrected chi connectivity index (χ1v) is 6.10. The second kappa shape index (κ2) is 5.23. The third-order valence-electron chi connectivity index (χ3n) is 3.16. The van der Waals surface area contributed by atoms with Crippen molar-refractivity contribution in [2.45, 2.75) is 26.3 Å². The van der Waals surface area contributed by atoms with Gasteiger partial charge in [-0.2, -0.15) is 0 Å². The van der Waals surface area contributed by atoms with E-state index in [0.717, 1.165) is 23.6 Å². The van der Waals surface area contributed by atoms with E-state index in [1.54, 1.807) is 13.4 Å². The van der Waals surface area contributed by atoms with Crippen molar-refractivity contribution in [3.05, 3.63) is 42.0 Å². The number of methoxy groups -OCH3 is 1. The fraction of sp³-hybridized carbons (Fsp3) is 0.357. The summed E-state index contributed by atoms with van der Waals surface area (Å²) >= 11 is 0. The third kappa shape index (κ3) is 2.24. The number of nitrogens with zero attached hydrogens (tertiary/aromatic N) is 2. The van der Waals surface area contributed by atoms with Gasteiger partial charge in [-0.25, -0.2) is 4.98 Å². The fourth-order valence-corrected chi connectivity index (χ4v) is 1.97. The topological polar surface area (TPSA) is 53.1 Å². The minimum Gasteiger partial charge on any atom is -0.497 e. The molecule has 0 saturated heterocycles. The van der Waals surface area contributed by atoms with E-state index in [1.165, 1.54) is 5.56 Å². The zero-order valence-corrected chi connectivity index (χ0v) is 11.1. The summed E-state index contributed by atoms with van der Waals surface area (Å²) in [6.07, 6.45) is 4.51. The quantitative estimate of drug-likeness (QED) is 0.900. The van der Waals surface area contributed by atoms with E-state index in [4.69, 9.17) is 10.5 Å². The molecular weight excluding hydrogens is 226 g/mol. The Morgan fingerprint density at radius 1 is 1.44 bits per heavy atom. The molecule has 0 amide bonds. The predicted molar refractivity (Wildman–Crippen MR) is 72.1 cm³/mol. The number of rotatable bonds is 4. The van der Waals surface area contributed by atoms with Gasteiger partial charge in [0.1, 0.15) is 5.75 Å². The predicted octanol–water partition coefficient (Wildman–Crippen LogP) is 2.60. The molecule has 0 radical (unpaired) electrons. The smallest absolute Gasteiger partial charge is 0.120 e. The highest BCUT2D eigenvalue weighted by molar-refractivity contribution is 5.47. The van der Waals surface area contributed by atoms with Crippen molar-refractivity contribution in [1.29, 1.82) is 0 Å². The van der Waals surface area contributed by atoms with E-state index in [2.05, 4.69) is 18.8 Å². The highest BCUT2D eigenvalue weighted by Gasteiger charge is 2.12. The Bertz CT molecular complexity index is 534. The van der Waals surface area contributed by atoms with Crippen LogP contribution in [0.3, 0.4) is 0 Å². The molecule has 2 N–H and O–H groups in total. The van der Waals surface area contributed by atoms with Crippen LogP contribution in [-0.4, -0.2) is 16.7 Å². The number of ether oxygens (including phenoxy) is 1. The first kappa shape index (κ1) is 12.6. The maximum atomic E-state index is 6.11. The molecule has 2 aromatic rings. The lowest BCUT2D eigenvalue weighted by Gasteiger charge is -2.15. The maximum absolute atomic E-state index is 6.11. The monoisotopic (exact) mass is 245 g/mol. The average molecular weight is 245 g/mol. The van der Waals surface area contributed by atoms with Crippen LogP contribution in [0.5, 0.6) is 5.75 Å². The molecular formula is C14H19N3O. The molecule has 0 aliphatic heterocycles. The summed E-state index contributed by atoms with van der Waals surface area (Å²) in [4.78, 5) is 4.21. The van der Waals surface area contributed by atoms with Gasteiger partial charge in [-0.15, -0.1) is 0 Å². The van der Waals surface area contributed by atoms with Crippen molar-refractivity contribution in [2.75, 3.05) is 7.11 Å². The number of aromatic nitrogens is 2. The van der Waals surface area contributed by atoms with Crippen LogP contribution in [0, 0.1) is 6.92 Å². The lowest BCUT2D eigenvalue weighted by molar-refractivity contribution is 0.414. The molecule has 4 nitrogen and oxygen atoms in total. The molecule has 1 heterocycles. The van der Waals surface area contributed by atoms with Gasteiger partial charge in [0.15, 0.2) is 0 Å². The van der Waals surface area contributed by atoms with Crippen LogP contribution >= 0.6 is 0 Å². The van der Waals surface area contributed by atoms with E-state index in [1.807, 2.05) is 29.0 Å². The Morgan fingerprint density at radius 2 is 2.22 bits per heavy atom. The largest absolute Gasteiger partial charge is 0.497 e. The summed E-state index contributed by atoms with van der Waals surface area (Å²) in [5.74, 6) is 0.834. The average Bonchev–Trinajstić information content (AvgIpc) is 2.87. The van der Waals surface area contributed by atoms with Crippen molar-refractivity contribution in [1.82, 2.24) is 9.55 Å². The molecule has 4 heteroatoms. The Balaban J connectivity index is 2.51. The molecule has 96 valence electrons. The number of imidazole rings is 1. The molecule has 0 aliphatic rings. The zero-order chi connectivity index (χ0) is 13.1. The Hall–Kier alpha value is -1.81. The van der Waals surface area contributed by atoms with Gasteiger partial charge in [0.2, 0.25) is 0 Å². The van der Waals surface area contributed by atoms with Gasteiger partial charge in [-0.1, -0.05) is 13.0 Å². The molecule has 1 aromatic heterocycles. The van der Waals surface area contributed by atoms with Crippen molar-refractivity contribution in [2.24, 2.45) is 5.73 Å². The second-order valence-electron chi connectivity index (χ2n) is 4.36. The molecule has 0 aliphatic carbocycles. The first-order chi connectivity index (χ1) is 8.67. The first-order valence-electron chi connectivity index (χ1n) is 6.10. The van der Waals surface area contributed by atoms with E-state index < -0.39 is 0 Å². The van der Waals surface area contributed by atoms with Gasteiger partial charge in [0.25, 0.3) is 0 Å². The fourth-order valence-electron chi connectivity index (χ4n) is 1.97. The van der Waals surface area contributed by atoms with E-state index >= 15 is 0 Å². The minimum absolute atomic E-state index is 0.00176. The van der Waals surface area contributed by atoms with Crippen molar-refractivity contribution < 1.29 is 4.74 Å². The van der Waals surface area contributed by atoms with Crippen LogP contribution in [-0.2, 0) is 0 Å². The SMILES string of the molecule is CC[C@@H](N)c1cncn1-c1cc(OC)ccc1C. The Morgan fingerprint density at radius 3 is 2.89 bits per heavy atom.